The molecule has 3 heterocycles. The number of piperidine rings is 1. The molecule has 2 saturated heterocycles. The molecule has 39 heavy (non-hydrogen) atoms. The molecule has 208 valence electrons. The number of carbonyl (C=O) groups excluding carboxylic acids is 3. The van der Waals surface area contributed by atoms with Crippen LogP contribution in [0.1, 0.15) is 36.8 Å². The molecule has 0 saturated carbocycles. The van der Waals surface area contributed by atoms with Crippen LogP contribution >= 0.6 is 0 Å². The Kier molecular flexibility index (Phi) is 8.78. The van der Waals surface area contributed by atoms with Gasteiger partial charge in [0, 0.05) is 45.7 Å². The highest BCUT2D eigenvalue weighted by Gasteiger charge is 2.36. The Morgan fingerprint density at radius 3 is 2.44 bits per heavy atom. The van der Waals surface area contributed by atoms with Crippen molar-refractivity contribution in [2.75, 3.05) is 39.9 Å². The number of nitrogens with one attached hydrogen (secondary N) is 1. The van der Waals surface area contributed by atoms with E-state index in [4.69, 9.17) is 14.2 Å². The molecule has 9 nitrogen and oxygen atoms in total. The van der Waals surface area contributed by atoms with E-state index in [0.29, 0.717) is 57.3 Å². The summed E-state index contributed by atoms with van der Waals surface area (Å²) in [7, 11) is 1.64. The van der Waals surface area contributed by atoms with Gasteiger partial charge in [-0.05, 0) is 61.1 Å². The third-order valence-electron chi connectivity index (χ3n) is 7.71. The number of hydrogen-bond acceptors (Lipinski definition) is 6. The summed E-state index contributed by atoms with van der Waals surface area (Å²) in [4.78, 5) is 42.4. The van der Waals surface area contributed by atoms with Crippen molar-refractivity contribution in [3.63, 3.8) is 0 Å². The van der Waals surface area contributed by atoms with Crippen molar-refractivity contribution < 1.29 is 28.6 Å². The van der Waals surface area contributed by atoms with Crippen molar-refractivity contribution in [1.29, 1.82) is 0 Å². The molecule has 3 aliphatic heterocycles. The van der Waals surface area contributed by atoms with Crippen LogP contribution in [-0.2, 0) is 36.9 Å². The monoisotopic (exact) mass is 535 g/mol. The zero-order valence-electron chi connectivity index (χ0n) is 22.5. The fraction of sp³-hybridized carbons (Fsp3) is 0.500. The largest absolute Gasteiger partial charge is 0.457 e. The summed E-state index contributed by atoms with van der Waals surface area (Å²) in [6.45, 7) is 2.45. The predicted octanol–water partition coefficient (Wildman–Crippen LogP) is 2.91. The van der Waals surface area contributed by atoms with Crippen LogP contribution in [0.4, 0.5) is 0 Å². The number of carbonyl (C=O) groups is 3. The molecule has 2 fully saturated rings. The van der Waals surface area contributed by atoms with Gasteiger partial charge in [0.25, 0.3) is 0 Å². The zero-order chi connectivity index (χ0) is 27.2. The van der Waals surface area contributed by atoms with Crippen LogP contribution in [0.3, 0.4) is 0 Å². The molecular formula is C30H37N3O6. The van der Waals surface area contributed by atoms with Crippen molar-refractivity contribution >= 4 is 17.7 Å². The summed E-state index contributed by atoms with van der Waals surface area (Å²) in [6, 6.07) is 15.1. The second-order valence-electron chi connectivity index (χ2n) is 10.6. The number of likely N-dealkylation sites (N-methyl/N-ethyl adjacent to an activating group) is 1. The average molecular weight is 536 g/mol. The molecular weight excluding hydrogens is 498 g/mol. The van der Waals surface area contributed by atoms with E-state index in [1.165, 1.54) is 4.90 Å². The number of likely N-dealkylation sites (tertiary alicyclic amines) is 1. The molecule has 0 aliphatic carbocycles. The van der Waals surface area contributed by atoms with Gasteiger partial charge >= 0.3 is 0 Å². The zero-order valence-corrected chi connectivity index (χ0v) is 22.5. The fourth-order valence-electron chi connectivity index (χ4n) is 5.47. The highest BCUT2D eigenvalue weighted by Crippen LogP contribution is 2.26. The fourth-order valence-corrected chi connectivity index (χ4v) is 5.47. The first-order valence-electron chi connectivity index (χ1n) is 13.8. The quantitative estimate of drug-likeness (QED) is 0.603. The minimum absolute atomic E-state index is 0.0443. The van der Waals surface area contributed by atoms with Gasteiger partial charge in [0.05, 0.1) is 25.3 Å². The highest BCUT2D eigenvalue weighted by molar-refractivity contribution is 5.85. The van der Waals surface area contributed by atoms with Crippen molar-refractivity contribution in [2.24, 2.45) is 5.92 Å². The molecule has 0 aromatic heterocycles. The van der Waals surface area contributed by atoms with Crippen LogP contribution in [0.5, 0.6) is 11.5 Å². The van der Waals surface area contributed by atoms with Crippen LogP contribution in [-0.4, -0.2) is 79.6 Å². The average Bonchev–Trinajstić information content (AvgIpc) is 2.95. The Morgan fingerprint density at radius 2 is 1.67 bits per heavy atom. The summed E-state index contributed by atoms with van der Waals surface area (Å²) in [5, 5.41) is 3.07. The van der Waals surface area contributed by atoms with Gasteiger partial charge in [0.2, 0.25) is 17.7 Å². The summed E-state index contributed by atoms with van der Waals surface area (Å²) in [5.41, 5.74) is 1.94. The van der Waals surface area contributed by atoms with Crippen molar-refractivity contribution in [2.45, 2.75) is 50.9 Å². The Bertz CT molecular complexity index is 1180. The minimum Gasteiger partial charge on any atom is -0.457 e. The van der Waals surface area contributed by atoms with Gasteiger partial charge in [-0.15, -0.1) is 0 Å². The SMILES string of the molecule is CN1CC(=O)N[C@H]2CN(C(=O)C3CCOCC3)CC[C@H]2OCc2cccc(c2)Oc2cccc(c2)CCC1=O. The summed E-state index contributed by atoms with van der Waals surface area (Å²) >= 11 is 0. The molecule has 9 heteroatoms. The van der Waals surface area contributed by atoms with E-state index in [0.717, 1.165) is 24.0 Å². The van der Waals surface area contributed by atoms with Gasteiger partial charge in [-0.2, -0.15) is 0 Å². The molecule has 0 radical (unpaired) electrons. The maximum atomic E-state index is 13.2. The topological polar surface area (TPSA) is 97.4 Å². The van der Waals surface area contributed by atoms with Crippen molar-refractivity contribution in [1.82, 2.24) is 15.1 Å². The van der Waals surface area contributed by atoms with E-state index in [9.17, 15) is 14.4 Å². The van der Waals surface area contributed by atoms with Gasteiger partial charge in [-0.1, -0.05) is 24.3 Å². The molecule has 0 unspecified atom stereocenters. The van der Waals surface area contributed by atoms with Crippen LogP contribution in [0.15, 0.2) is 48.5 Å². The van der Waals surface area contributed by atoms with Crippen molar-refractivity contribution in [3.8, 4) is 11.5 Å². The number of fused-ring (bicyclic) bond motifs is 5. The molecule has 2 atom stereocenters. The van der Waals surface area contributed by atoms with Gasteiger partial charge < -0.3 is 29.3 Å². The number of benzene rings is 2. The van der Waals surface area contributed by atoms with Crippen LogP contribution in [0.25, 0.3) is 0 Å². The highest BCUT2D eigenvalue weighted by atomic mass is 16.5. The first-order valence-corrected chi connectivity index (χ1v) is 13.8. The molecule has 3 aliphatic rings. The van der Waals surface area contributed by atoms with Gasteiger partial charge in [-0.25, -0.2) is 0 Å². The van der Waals surface area contributed by atoms with E-state index < -0.39 is 0 Å². The van der Waals surface area contributed by atoms with Gasteiger partial charge in [0.1, 0.15) is 11.5 Å². The lowest BCUT2D eigenvalue weighted by molar-refractivity contribution is -0.144. The second kappa shape index (κ2) is 12.6. The molecule has 3 amide bonds. The van der Waals surface area contributed by atoms with E-state index in [-0.39, 0.29) is 48.8 Å². The van der Waals surface area contributed by atoms with Crippen LogP contribution < -0.4 is 10.1 Å². The van der Waals surface area contributed by atoms with Gasteiger partial charge in [-0.3, -0.25) is 14.4 Å². The van der Waals surface area contributed by atoms with E-state index >= 15 is 0 Å². The summed E-state index contributed by atoms with van der Waals surface area (Å²) in [6.07, 6.45) is 2.61. The van der Waals surface area contributed by atoms with Gasteiger partial charge in [0.15, 0.2) is 0 Å². The Morgan fingerprint density at radius 1 is 0.949 bits per heavy atom. The Hall–Kier alpha value is -3.43. The van der Waals surface area contributed by atoms with Crippen LogP contribution in [0, 0.1) is 5.92 Å². The number of rotatable bonds is 1. The molecule has 2 aromatic carbocycles. The third kappa shape index (κ3) is 7.16. The smallest absolute Gasteiger partial charge is 0.239 e. The standard InChI is InChI=1S/C30H37N3O6/c1-32-19-28(34)31-26-18-33(30(36)23-11-14-37-15-12-23)13-10-27(26)38-20-22-5-3-7-25(17-22)39-24-6-2-4-21(16-24)8-9-29(32)35/h2-7,16-17,23,26-27H,8-15,18-20H2,1H3,(H,31,34)/t26-,27+/m0/s1. The van der Waals surface area contributed by atoms with E-state index in [1.807, 2.05) is 53.4 Å². The summed E-state index contributed by atoms with van der Waals surface area (Å²) in [5.74, 6) is 1.10. The number of amides is 3. The first kappa shape index (κ1) is 27.1. The van der Waals surface area contributed by atoms with E-state index in [1.54, 1.807) is 7.05 Å². The number of hydrogen-bond donors (Lipinski definition) is 1. The lowest BCUT2D eigenvalue weighted by Crippen LogP contribution is -2.59. The van der Waals surface area contributed by atoms with E-state index in [2.05, 4.69) is 5.32 Å². The normalized spacial score (nSPS) is 23.6. The molecule has 1 N–H and O–H groups in total. The second-order valence-corrected chi connectivity index (χ2v) is 10.6. The van der Waals surface area contributed by atoms with Crippen molar-refractivity contribution in [3.05, 3.63) is 59.7 Å². The first-order chi connectivity index (χ1) is 18.9. The third-order valence-corrected chi connectivity index (χ3v) is 7.71. The summed E-state index contributed by atoms with van der Waals surface area (Å²) < 4.78 is 17.9. The lowest BCUT2D eigenvalue weighted by atomic mass is 9.95. The minimum atomic E-state index is -0.378. The maximum Gasteiger partial charge on any atom is 0.239 e. The lowest BCUT2D eigenvalue weighted by Gasteiger charge is -2.40. The number of ether oxygens (including phenoxy) is 3. The molecule has 4 bridgehead atoms. The Balaban J connectivity index is 1.34. The van der Waals surface area contributed by atoms with Crippen LogP contribution in [0.2, 0.25) is 0 Å². The maximum absolute atomic E-state index is 13.2. The molecule has 0 spiro atoms. The number of nitrogens with zero attached hydrogens (tertiary/aromatic N) is 2. The molecule has 2 aromatic rings. The predicted molar refractivity (Wildman–Crippen MR) is 144 cm³/mol. The number of aryl methyl sites for hydroxylation is 1. The molecule has 5 rings (SSSR count). The Labute approximate surface area is 229 Å².